The van der Waals surface area contributed by atoms with Crippen molar-refractivity contribution in [3.8, 4) is 0 Å². The summed E-state index contributed by atoms with van der Waals surface area (Å²) in [5.74, 6) is 0.585. The summed E-state index contributed by atoms with van der Waals surface area (Å²) in [6.45, 7) is 1.87. The zero-order valence-electron chi connectivity index (χ0n) is 16.8. The van der Waals surface area contributed by atoms with Crippen molar-refractivity contribution >= 4 is 21.4 Å². The summed E-state index contributed by atoms with van der Waals surface area (Å²) in [4.78, 5) is 10.9. The van der Waals surface area contributed by atoms with Gasteiger partial charge in [-0.25, -0.2) is 13.1 Å². The van der Waals surface area contributed by atoms with Gasteiger partial charge in [0.25, 0.3) is 5.69 Å². The molecule has 1 saturated carbocycles. The molecule has 1 unspecified atom stereocenters. The highest BCUT2D eigenvalue weighted by atomic mass is 32.2. The van der Waals surface area contributed by atoms with Crippen LogP contribution in [0.5, 0.6) is 0 Å². The van der Waals surface area contributed by atoms with Crippen LogP contribution in [-0.2, 0) is 10.0 Å². The van der Waals surface area contributed by atoms with E-state index in [0.717, 1.165) is 37.3 Å². The lowest BCUT2D eigenvalue weighted by Gasteiger charge is -2.26. The van der Waals surface area contributed by atoms with E-state index in [0.29, 0.717) is 5.92 Å². The molecule has 3 N–H and O–H groups in total. The Kier molecular flexibility index (Phi) is 7.06. The standard InChI is InChI=1S/C21H27N3O5S/c1-15-7-9-17(10-8-15)23-30(28,29)18-11-12-19(21(13-18)24(26)27)22-20(14-25)16-5-3-2-4-6-16/h2-6,11-13,15,17,20,22-23,25H,7-10,14H2,1H3. The molecular weight excluding hydrogens is 406 g/mol. The maximum absolute atomic E-state index is 12.8. The number of aliphatic hydroxyl groups is 1. The first-order valence-corrected chi connectivity index (χ1v) is 11.5. The zero-order valence-corrected chi connectivity index (χ0v) is 17.6. The second kappa shape index (κ2) is 9.55. The first-order chi connectivity index (χ1) is 14.3. The SMILES string of the molecule is CC1CCC(NS(=O)(=O)c2ccc(NC(CO)c3ccccc3)c([N+](=O)[O-])c2)CC1. The van der Waals surface area contributed by atoms with Gasteiger partial charge in [-0.1, -0.05) is 37.3 Å². The average molecular weight is 434 g/mol. The molecule has 8 nitrogen and oxygen atoms in total. The molecule has 1 aliphatic carbocycles. The number of nitro benzene ring substituents is 1. The molecule has 162 valence electrons. The molecule has 0 radical (unpaired) electrons. The molecule has 9 heteroatoms. The summed E-state index contributed by atoms with van der Waals surface area (Å²) in [6.07, 6.45) is 3.44. The van der Waals surface area contributed by atoms with Gasteiger partial charge in [-0.15, -0.1) is 0 Å². The van der Waals surface area contributed by atoms with Gasteiger partial charge in [0.05, 0.1) is 22.5 Å². The molecule has 0 aromatic heterocycles. The quantitative estimate of drug-likeness (QED) is 0.432. The second-order valence-corrected chi connectivity index (χ2v) is 9.52. The molecule has 1 atom stereocenters. The number of hydrogen-bond donors (Lipinski definition) is 3. The average Bonchev–Trinajstić information content (AvgIpc) is 2.74. The molecular formula is C21H27N3O5S. The van der Waals surface area contributed by atoms with Gasteiger partial charge >= 0.3 is 0 Å². The molecule has 2 aromatic rings. The van der Waals surface area contributed by atoms with E-state index in [1.54, 1.807) is 24.3 Å². The fraction of sp³-hybridized carbons (Fsp3) is 0.429. The van der Waals surface area contributed by atoms with Crippen LogP contribution in [0.15, 0.2) is 53.4 Å². The van der Waals surface area contributed by atoms with E-state index >= 15 is 0 Å². The molecule has 0 saturated heterocycles. The van der Waals surface area contributed by atoms with Crippen LogP contribution in [0.3, 0.4) is 0 Å². The van der Waals surface area contributed by atoms with E-state index in [-0.39, 0.29) is 28.9 Å². The fourth-order valence-electron chi connectivity index (χ4n) is 3.72. The maximum Gasteiger partial charge on any atom is 0.293 e. The van der Waals surface area contributed by atoms with Gasteiger partial charge in [-0.05, 0) is 49.3 Å². The Morgan fingerprint density at radius 2 is 1.80 bits per heavy atom. The van der Waals surface area contributed by atoms with Gasteiger partial charge in [-0.3, -0.25) is 10.1 Å². The number of nitrogens with zero attached hydrogens (tertiary/aromatic N) is 1. The van der Waals surface area contributed by atoms with Gasteiger partial charge < -0.3 is 10.4 Å². The third-order valence-electron chi connectivity index (χ3n) is 5.53. The van der Waals surface area contributed by atoms with Gasteiger partial charge in [-0.2, -0.15) is 0 Å². The van der Waals surface area contributed by atoms with Crippen molar-refractivity contribution in [1.29, 1.82) is 0 Å². The number of hydrogen-bond acceptors (Lipinski definition) is 6. The van der Waals surface area contributed by atoms with Crippen molar-refractivity contribution < 1.29 is 18.4 Å². The second-order valence-electron chi connectivity index (χ2n) is 7.80. The van der Waals surface area contributed by atoms with Crippen LogP contribution in [0.2, 0.25) is 0 Å². The van der Waals surface area contributed by atoms with Gasteiger partial charge in [0.1, 0.15) is 5.69 Å². The van der Waals surface area contributed by atoms with E-state index in [1.807, 2.05) is 6.07 Å². The van der Waals surface area contributed by atoms with Crippen LogP contribution in [-0.4, -0.2) is 31.1 Å². The minimum atomic E-state index is -3.87. The molecule has 1 aliphatic rings. The maximum atomic E-state index is 12.8. The normalized spacial score (nSPS) is 20.5. The number of benzene rings is 2. The van der Waals surface area contributed by atoms with Crippen LogP contribution in [0.4, 0.5) is 11.4 Å². The monoisotopic (exact) mass is 433 g/mol. The van der Waals surface area contributed by atoms with Gasteiger partial charge in [0.2, 0.25) is 10.0 Å². The van der Waals surface area contributed by atoms with E-state index in [1.165, 1.54) is 12.1 Å². The minimum absolute atomic E-state index is 0.140. The van der Waals surface area contributed by atoms with Crippen LogP contribution in [0.25, 0.3) is 0 Å². The van der Waals surface area contributed by atoms with Crippen molar-refractivity contribution in [2.24, 2.45) is 5.92 Å². The van der Waals surface area contributed by atoms with E-state index < -0.39 is 21.0 Å². The number of nitro groups is 1. The summed E-state index contributed by atoms with van der Waals surface area (Å²) >= 11 is 0. The summed E-state index contributed by atoms with van der Waals surface area (Å²) in [5.41, 5.74) is 0.553. The Bertz CT molecular complexity index is 973. The Labute approximate surface area is 176 Å². The van der Waals surface area contributed by atoms with Crippen molar-refractivity contribution in [2.45, 2.75) is 49.6 Å². The molecule has 0 heterocycles. The summed E-state index contributed by atoms with van der Waals surface area (Å²) < 4.78 is 28.2. The van der Waals surface area contributed by atoms with Gasteiger partial charge in [0, 0.05) is 12.1 Å². The highest BCUT2D eigenvalue weighted by Crippen LogP contribution is 2.31. The molecule has 2 aromatic carbocycles. The lowest BCUT2D eigenvalue weighted by atomic mass is 9.88. The van der Waals surface area contributed by atoms with Crippen molar-refractivity contribution in [3.05, 3.63) is 64.2 Å². The molecule has 0 amide bonds. The Balaban J connectivity index is 1.83. The van der Waals surface area contributed by atoms with Crippen LogP contribution < -0.4 is 10.0 Å². The third kappa shape index (κ3) is 5.35. The molecule has 0 spiro atoms. The van der Waals surface area contributed by atoms with E-state index in [2.05, 4.69) is 17.0 Å². The van der Waals surface area contributed by atoms with E-state index in [4.69, 9.17) is 0 Å². The Morgan fingerprint density at radius 3 is 2.40 bits per heavy atom. The third-order valence-corrected chi connectivity index (χ3v) is 7.05. The first-order valence-electron chi connectivity index (χ1n) is 10.0. The smallest absolute Gasteiger partial charge is 0.293 e. The van der Waals surface area contributed by atoms with Crippen LogP contribution in [0.1, 0.15) is 44.2 Å². The predicted molar refractivity (Wildman–Crippen MR) is 115 cm³/mol. The van der Waals surface area contributed by atoms with Crippen LogP contribution >= 0.6 is 0 Å². The Hall–Kier alpha value is -2.49. The number of sulfonamides is 1. The molecule has 0 bridgehead atoms. The van der Waals surface area contributed by atoms with E-state index in [9.17, 15) is 23.6 Å². The van der Waals surface area contributed by atoms with Crippen molar-refractivity contribution in [2.75, 3.05) is 11.9 Å². The minimum Gasteiger partial charge on any atom is -0.394 e. The molecule has 1 fully saturated rings. The molecule has 3 rings (SSSR count). The first kappa shape index (κ1) is 22.2. The Morgan fingerprint density at radius 1 is 1.13 bits per heavy atom. The number of aliphatic hydroxyl groups excluding tert-OH is 1. The van der Waals surface area contributed by atoms with Crippen molar-refractivity contribution in [3.63, 3.8) is 0 Å². The summed E-state index contributed by atoms with van der Waals surface area (Å²) in [7, 11) is -3.87. The summed E-state index contributed by atoms with van der Waals surface area (Å²) in [5, 5.41) is 24.3. The fourth-order valence-corrected chi connectivity index (χ4v) is 5.05. The van der Waals surface area contributed by atoms with Crippen LogP contribution in [0, 0.1) is 16.0 Å². The number of rotatable bonds is 8. The van der Waals surface area contributed by atoms with Crippen molar-refractivity contribution in [1.82, 2.24) is 4.72 Å². The highest BCUT2D eigenvalue weighted by molar-refractivity contribution is 7.89. The topological polar surface area (TPSA) is 122 Å². The highest BCUT2D eigenvalue weighted by Gasteiger charge is 2.27. The predicted octanol–water partition coefficient (Wildman–Crippen LogP) is 3.60. The lowest BCUT2D eigenvalue weighted by Crippen LogP contribution is -2.37. The molecule has 0 aliphatic heterocycles. The molecule has 30 heavy (non-hydrogen) atoms. The lowest BCUT2D eigenvalue weighted by molar-refractivity contribution is -0.384. The number of nitrogens with one attached hydrogen (secondary N) is 2. The van der Waals surface area contributed by atoms with Gasteiger partial charge in [0.15, 0.2) is 0 Å². The summed E-state index contributed by atoms with van der Waals surface area (Å²) in [6, 6.07) is 12.1. The largest absolute Gasteiger partial charge is 0.394 e. The zero-order chi connectivity index (χ0) is 21.7. The number of anilines is 1.